The first kappa shape index (κ1) is 30.7. The highest BCUT2D eigenvalue weighted by atomic mass is 79.9. The molecule has 6 nitrogen and oxygen atoms in total. The van der Waals surface area contributed by atoms with Crippen molar-refractivity contribution >= 4 is 45.2 Å². The Morgan fingerprint density at radius 1 is 1.07 bits per heavy atom. The molecule has 0 radical (unpaired) electrons. The summed E-state index contributed by atoms with van der Waals surface area (Å²) in [7, 11) is 0. The van der Waals surface area contributed by atoms with Crippen molar-refractivity contribution in [1.82, 2.24) is 14.3 Å². The maximum absolute atomic E-state index is 13.8. The molecule has 0 saturated carbocycles. The zero-order valence-corrected chi connectivity index (χ0v) is 27.4. The molecule has 2 heterocycles. The minimum Gasteiger partial charge on any atom is -0.507 e. The van der Waals surface area contributed by atoms with Gasteiger partial charge in [0.2, 0.25) is 0 Å². The lowest BCUT2D eigenvalue weighted by atomic mass is 9.82. The molecule has 0 bridgehead atoms. The maximum Gasteiger partial charge on any atom is 0.269 e. The predicted molar refractivity (Wildman–Crippen MR) is 171 cm³/mol. The van der Waals surface area contributed by atoms with E-state index in [0.29, 0.717) is 15.7 Å². The molecule has 0 spiro atoms. The maximum atomic E-state index is 13.8. The van der Waals surface area contributed by atoms with E-state index in [1.54, 1.807) is 16.8 Å². The number of ketones is 1. The molecular formula is C33H38BrN3O3S. The van der Waals surface area contributed by atoms with Crippen LogP contribution in [-0.4, -0.2) is 25.2 Å². The molecule has 1 N–H and O–H groups in total. The summed E-state index contributed by atoms with van der Waals surface area (Å²) in [6, 6.07) is 10.0. The van der Waals surface area contributed by atoms with Crippen LogP contribution in [-0.2, 0) is 23.3 Å². The van der Waals surface area contributed by atoms with E-state index in [0.717, 1.165) is 37.9 Å². The highest BCUT2D eigenvalue weighted by Crippen LogP contribution is 2.36. The Bertz CT molecular complexity index is 1780. The highest BCUT2D eigenvalue weighted by Gasteiger charge is 2.23. The molecule has 4 aromatic rings. The van der Waals surface area contributed by atoms with Gasteiger partial charge in [0.1, 0.15) is 10.4 Å². The summed E-state index contributed by atoms with van der Waals surface area (Å²) in [5.74, 6) is 0.208. The Morgan fingerprint density at radius 3 is 2.29 bits per heavy atom. The zero-order chi connectivity index (χ0) is 30.3. The Morgan fingerprint density at radius 2 is 1.73 bits per heavy atom. The second-order valence-electron chi connectivity index (χ2n) is 12.6. The fraction of sp³-hybridized carbons (Fsp3) is 0.364. The summed E-state index contributed by atoms with van der Waals surface area (Å²) < 4.78 is 5.59. The van der Waals surface area contributed by atoms with Crippen LogP contribution in [0.5, 0.6) is 5.75 Å². The van der Waals surface area contributed by atoms with Crippen LogP contribution in [0.1, 0.15) is 74.9 Å². The van der Waals surface area contributed by atoms with Gasteiger partial charge in [0.25, 0.3) is 5.56 Å². The van der Waals surface area contributed by atoms with Crippen LogP contribution in [0.4, 0.5) is 0 Å². The van der Waals surface area contributed by atoms with Gasteiger partial charge in [-0.05, 0) is 74.6 Å². The molecule has 4 rings (SSSR count). The largest absolute Gasteiger partial charge is 0.507 e. The number of rotatable bonds is 6. The van der Waals surface area contributed by atoms with Gasteiger partial charge in [-0.15, -0.1) is 11.3 Å². The number of aryl methyl sites for hydroxylation is 1. The molecule has 2 aromatic carbocycles. The molecule has 0 saturated heterocycles. The van der Waals surface area contributed by atoms with E-state index < -0.39 is 5.41 Å². The molecule has 2 aromatic heterocycles. The number of phenolic OH excluding ortho intramolecular Hbond substituents is 1. The summed E-state index contributed by atoms with van der Waals surface area (Å²) in [6.07, 6.45) is 7.14. The SMILES string of the molecule is Cc1cc(C(C)(C)C)c(O)c(C)c1Cn1c(=O)/c(=C/c2ccc(Cn3cc(Br)cn3)cc2)s/c1=C\C(=O)C(C)(C)C. The third kappa shape index (κ3) is 6.99. The van der Waals surface area contributed by atoms with Crippen LogP contribution >= 0.6 is 27.3 Å². The molecule has 8 heteroatoms. The predicted octanol–water partition coefficient (Wildman–Crippen LogP) is 5.81. The highest BCUT2D eigenvalue weighted by molar-refractivity contribution is 9.10. The number of carbonyl (C=O) groups is 1. The van der Waals surface area contributed by atoms with E-state index >= 15 is 0 Å². The van der Waals surface area contributed by atoms with Crippen LogP contribution in [0.15, 0.2) is 52.0 Å². The Hall–Kier alpha value is -3.23. The number of aromatic hydroxyl groups is 1. The zero-order valence-electron chi connectivity index (χ0n) is 25.0. The lowest BCUT2D eigenvalue weighted by molar-refractivity contribution is -0.120. The second kappa shape index (κ2) is 11.6. The summed E-state index contributed by atoms with van der Waals surface area (Å²) in [4.78, 5) is 26.8. The lowest BCUT2D eigenvalue weighted by Gasteiger charge is -2.24. The van der Waals surface area contributed by atoms with E-state index in [1.165, 1.54) is 11.3 Å². The Balaban J connectivity index is 1.80. The summed E-state index contributed by atoms with van der Waals surface area (Å²) in [5.41, 5.74) is 4.55. The van der Waals surface area contributed by atoms with Crippen molar-refractivity contribution in [2.24, 2.45) is 5.41 Å². The quantitative estimate of drug-likeness (QED) is 0.290. The van der Waals surface area contributed by atoms with Crippen LogP contribution in [0.3, 0.4) is 0 Å². The van der Waals surface area contributed by atoms with Crippen molar-refractivity contribution in [1.29, 1.82) is 0 Å². The lowest BCUT2D eigenvalue weighted by Crippen LogP contribution is -2.33. The van der Waals surface area contributed by atoms with Crippen molar-refractivity contribution in [3.8, 4) is 5.75 Å². The number of Topliss-reactive ketones (excluding diaryl/α,β-unsaturated/α-hetero) is 1. The van der Waals surface area contributed by atoms with E-state index in [2.05, 4.69) is 41.8 Å². The van der Waals surface area contributed by atoms with E-state index in [1.807, 2.05) is 81.9 Å². The number of halogens is 1. The molecule has 41 heavy (non-hydrogen) atoms. The number of aromatic nitrogens is 3. The van der Waals surface area contributed by atoms with Crippen molar-refractivity contribution < 1.29 is 9.90 Å². The summed E-state index contributed by atoms with van der Waals surface area (Å²) in [6.45, 7) is 16.6. The van der Waals surface area contributed by atoms with Gasteiger partial charge in [-0.1, -0.05) is 71.9 Å². The summed E-state index contributed by atoms with van der Waals surface area (Å²) in [5, 5.41) is 15.4. The smallest absolute Gasteiger partial charge is 0.269 e. The van der Waals surface area contributed by atoms with Crippen LogP contribution in [0.25, 0.3) is 12.2 Å². The average molecular weight is 637 g/mol. The molecule has 0 unspecified atom stereocenters. The van der Waals surface area contributed by atoms with Gasteiger partial charge in [0, 0.05) is 17.7 Å². The number of benzene rings is 2. The second-order valence-corrected chi connectivity index (χ2v) is 14.6. The number of phenols is 1. The van der Waals surface area contributed by atoms with Crippen molar-refractivity contribution in [3.05, 3.63) is 100 Å². The third-order valence-corrected chi connectivity index (χ3v) is 8.65. The van der Waals surface area contributed by atoms with E-state index in [9.17, 15) is 14.7 Å². The van der Waals surface area contributed by atoms with Gasteiger partial charge >= 0.3 is 0 Å². The number of hydrogen-bond acceptors (Lipinski definition) is 5. The van der Waals surface area contributed by atoms with Crippen molar-refractivity contribution in [2.45, 2.75) is 73.9 Å². The number of hydrogen-bond donors (Lipinski definition) is 1. The first-order chi connectivity index (χ1) is 19.0. The molecule has 0 amide bonds. The fourth-order valence-corrected chi connectivity index (χ4v) is 5.96. The van der Waals surface area contributed by atoms with Crippen molar-refractivity contribution in [3.63, 3.8) is 0 Å². The van der Waals surface area contributed by atoms with E-state index in [4.69, 9.17) is 0 Å². The van der Waals surface area contributed by atoms with E-state index in [-0.39, 0.29) is 29.1 Å². The third-order valence-electron chi connectivity index (χ3n) is 7.18. The Kier molecular flexibility index (Phi) is 8.67. The molecule has 0 aliphatic rings. The van der Waals surface area contributed by atoms with Crippen LogP contribution in [0.2, 0.25) is 0 Å². The first-order valence-electron chi connectivity index (χ1n) is 13.6. The van der Waals surface area contributed by atoms with Gasteiger partial charge in [-0.2, -0.15) is 5.10 Å². The average Bonchev–Trinajstić information content (AvgIpc) is 3.41. The summed E-state index contributed by atoms with van der Waals surface area (Å²) >= 11 is 4.74. The minimum atomic E-state index is -0.576. The fourth-order valence-electron chi connectivity index (χ4n) is 4.59. The minimum absolute atomic E-state index is 0.0481. The molecule has 0 fully saturated rings. The molecule has 0 aliphatic heterocycles. The topological polar surface area (TPSA) is 77.1 Å². The molecule has 216 valence electrons. The Labute approximate surface area is 253 Å². The van der Waals surface area contributed by atoms with Crippen molar-refractivity contribution in [2.75, 3.05) is 0 Å². The van der Waals surface area contributed by atoms with Gasteiger partial charge in [-0.25, -0.2) is 0 Å². The number of carbonyl (C=O) groups excluding carboxylic acids is 1. The number of nitrogens with zero attached hydrogens (tertiary/aromatic N) is 3. The molecular weight excluding hydrogens is 598 g/mol. The monoisotopic (exact) mass is 635 g/mol. The molecule has 0 atom stereocenters. The van der Waals surface area contributed by atoms with Gasteiger partial charge in [0.15, 0.2) is 5.78 Å². The van der Waals surface area contributed by atoms with Gasteiger partial charge < -0.3 is 5.11 Å². The normalized spacial score (nSPS) is 13.3. The molecule has 0 aliphatic carbocycles. The standard InChI is InChI=1S/C33H38BrN3O3S/c1-20-13-26(32(3,4)5)30(39)21(2)25(20)19-37-29(15-28(38)33(6,7)8)41-27(31(37)40)14-22-9-11-23(12-10-22)17-36-18-24(34)16-35-36/h9-16,18,39H,17,19H2,1-8H3/b27-14-,29-15-. The number of thiazole rings is 1. The van der Waals surface area contributed by atoms with Gasteiger partial charge in [-0.3, -0.25) is 18.8 Å². The van der Waals surface area contributed by atoms with Gasteiger partial charge in [0.05, 0.1) is 28.3 Å². The van der Waals surface area contributed by atoms with Crippen LogP contribution < -0.4 is 14.8 Å². The first-order valence-corrected chi connectivity index (χ1v) is 15.2. The van der Waals surface area contributed by atoms with Crippen LogP contribution in [0, 0.1) is 19.3 Å².